The van der Waals surface area contributed by atoms with Crippen molar-refractivity contribution in [3.8, 4) is 0 Å². The largest absolute Gasteiger partial charge is 0.394 e. The maximum atomic E-state index is 11.2. The molecule has 0 fully saturated rings. The average Bonchev–Trinajstić information content (AvgIpc) is 0.864. The van der Waals surface area contributed by atoms with Crippen LogP contribution >= 0.6 is 0 Å². The molecule has 0 aromatic rings. The van der Waals surface area contributed by atoms with E-state index in [1.165, 1.54) is 0 Å². The second kappa shape index (κ2) is 85.4. The molecule has 50 nitrogen and oxygen atoms in total. The van der Waals surface area contributed by atoms with Gasteiger partial charge in [0.05, 0.1) is 324 Å². The highest BCUT2D eigenvalue weighted by Gasteiger charge is 2.34. The molecule has 0 saturated heterocycles. The zero-order chi connectivity index (χ0) is 95.2. The number of nitrogens with two attached hydrogens (primary N) is 1. The normalized spacial score (nSPS) is 18.3. The van der Waals surface area contributed by atoms with Gasteiger partial charge in [0.2, 0.25) is 0 Å². The summed E-state index contributed by atoms with van der Waals surface area (Å²) < 4.78 is 142. The Kier molecular flexibility index (Phi) is 84.1. The summed E-state index contributed by atoms with van der Waals surface area (Å²) in [6.45, 7) is -16.9. The maximum absolute atomic E-state index is 11.2. The summed E-state index contributed by atoms with van der Waals surface area (Å²) in [4.78, 5) is 0. The van der Waals surface area contributed by atoms with Crippen molar-refractivity contribution in [2.45, 2.75) is 160 Å². The second-order valence-corrected chi connectivity index (χ2v) is 30.3. The Morgan fingerprint density at radius 1 is 0.180 bits per heavy atom. The van der Waals surface area contributed by atoms with E-state index < -0.39 is 245 Å². The molecule has 0 radical (unpaired) electrons. The summed E-state index contributed by atoms with van der Waals surface area (Å²) in [5, 5.41) is 249. The molecule has 128 heavy (non-hydrogen) atoms. The van der Waals surface area contributed by atoms with Crippen LogP contribution in [0.3, 0.4) is 0 Å². The minimum absolute atomic E-state index is 0.130. The summed E-state index contributed by atoms with van der Waals surface area (Å²) in [5.41, 5.74) is 4.34. The van der Waals surface area contributed by atoms with Crippen LogP contribution in [0.2, 0.25) is 0 Å². The van der Waals surface area contributed by atoms with Crippen LogP contribution in [0, 0.1) is 5.41 Å². The molecule has 0 amide bonds. The van der Waals surface area contributed by atoms with Gasteiger partial charge in [-0.3, -0.25) is 0 Å². The van der Waals surface area contributed by atoms with Crippen molar-refractivity contribution in [1.82, 2.24) is 0 Å². The number of hydrogen-bond donors (Lipinski definition) is 26. The van der Waals surface area contributed by atoms with Gasteiger partial charge in [-0.25, -0.2) is 0 Å². The van der Waals surface area contributed by atoms with Crippen molar-refractivity contribution in [2.75, 3.05) is 337 Å². The van der Waals surface area contributed by atoms with E-state index in [1.54, 1.807) is 6.92 Å². The number of aliphatic hydroxyl groups is 25. The minimum Gasteiger partial charge on any atom is -0.394 e. The molecular formula is C78H159NO49. The van der Waals surface area contributed by atoms with Gasteiger partial charge in [-0.2, -0.15) is 0 Å². The SMILES string of the molecule is CCC(COCC(COCC(COCC(O)CO)OCC(O)CO)OCC(O)COCC(O)CO)(COCC(COCC(COCC(O)CO)OCC(O)CO)OCC(O)COCC(CO)OCC(O)CO)COCC(COCC(COCC(O)CO)OCC(O)COCCCN)OCC(COCC(COCC(O)CO)OCC(O)CO)OCC(O)COCC(O)CO. The average molecular weight is 1900 g/mol. The maximum Gasteiger partial charge on any atom is 0.104 e. The Bertz CT molecular complexity index is 2330. The third-order valence-corrected chi connectivity index (χ3v) is 17.5. The Balaban J connectivity index is 8.34. The quantitative estimate of drug-likeness (QED) is 0.0251. The van der Waals surface area contributed by atoms with Crippen LogP contribution in [0.4, 0.5) is 0 Å². The molecule has 770 valence electrons. The zero-order valence-electron chi connectivity index (χ0n) is 73.8. The molecular weight excluding hydrogens is 1730 g/mol. The molecule has 0 heterocycles. The molecule has 24 unspecified atom stereocenters. The van der Waals surface area contributed by atoms with Gasteiger partial charge >= 0.3 is 0 Å². The predicted octanol–water partition coefficient (Wildman–Crippen LogP) is -14.6. The summed E-state index contributed by atoms with van der Waals surface area (Å²) in [7, 11) is 0. The fraction of sp³-hybridized carbons (Fsp3) is 1.00. The molecule has 24 atom stereocenters. The summed E-state index contributed by atoms with van der Waals surface area (Å²) in [5.74, 6) is 0. The fourth-order valence-corrected chi connectivity index (χ4v) is 9.99. The highest BCUT2D eigenvalue weighted by atomic mass is 16.6. The van der Waals surface area contributed by atoms with Crippen molar-refractivity contribution in [2.24, 2.45) is 11.1 Å². The minimum atomic E-state index is -1.36. The van der Waals surface area contributed by atoms with Crippen LogP contribution in [0.25, 0.3) is 0 Å². The van der Waals surface area contributed by atoms with E-state index in [4.69, 9.17) is 119 Å². The van der Waals surface area contributed by atoms with Gasteiger partial charge in [-0.1, -0.05) is 6.92 Å². The van der Waals surface area contributed by atoms with Crippen LogP contribution in [0.15, 0.2) is 0 Å². The van der Waals surface area contributed by atoms with E-state index in [9.17, 15) is 128 Å². The third-order valence-electron chi connectivity index (χ3n) is 17.5. The number of hydrogen-bond acceptors (Lipinski definition) is 50. The van der Waals surface area contributed by atoms with Crippen molar-refractivity contribution in [1.29, 1.82) is 0 Å². The van der Waals surface area contributed by atoms with Crippen molar-refractivity contribution in [3.63, 3.8) is 0 Å². The lowest BCUT2D eigenvalue weighted by molar-refractivity contribution is -0.154. The van der Waals surface area contributed by atoms with Gasteiger partial charge < -0.3 is 247 Å². The van der Waals surface area contributed by atoms with Crippen molar-refractivity contribution < 1.29 is 241 Å². The summed E-state index contributed by atoms with van der Waals surface area (Å²) in [6.07, 6.45) is -26.6. The molecule has 0 aliphatic heterocycles. The Morgan fingerprint density at radius 3 is 0.547 bits per heavy atom. The summed E-state index contributed by atoms with van der Waals surface area (Å²) in [6, 6.07) is 0. The lowest BCUT2D eigenvalue weighted by Crippen LogP contribution is -2.42. The van der Waals surface area contributed by atoms with Gasteiger partial charge in [0.1, 0.15) is 140 Å². The zero-order valence-corrected chi connectivity index (χ0v) is 73.8. The third kappa shape index (κ3) is 72.4. The first-order valence-corrected chi connectivity index (χ1v) is 42.8. The van der Waals surface area contributed by atoms with Crippen LogP contribution in [0.1, 0.15) is 19.8 Å². The van der Waals surface area contributed by atoms with Gasteiger partial charge in [-0.15, -0.1) is 0 Å². The Labute approximate surface area is 747 Å². The molecule has 0 aromatic carbocycles. The van der Waals surface area contributed by atoms with Gasteiger partial charge in [-0.05, 0) is 19.4 Å². The lowest BCUT2D eigenvalue weighted by Gasteiger charge is -2.34. The van der Waals surface area contributed by atoms with Crippen LogP contribution in [0.5, 0.6) is 0 Å². The molecule has 0 rings (SSSR count). The van der Waals surface area contributed by atoms with E-state index >= 15 is 0 Å². The van der Waals surface area contributed by atoms with E-state index in [2.05, 4.69) is 0 Å². The first kappa shape index (κ1) is 126. The predicted molar refractivity (Wildman–Crippen MR) is 438 cm³/mol. The molecule has 0 bridgehead atoms. The smallest absolute Gasteiger partial charge is 0.104 e. The number of aliphatic hydroxyl groups excluding tert-OH is 25. The van der Waals surface area contributed by atoms with Crippen molar-refractivity contribution >= 4 is 0 Å². The topological polar surface area (TPSA) is 753 Å². The highest BCUT2D eigenvalue weighted by molar-refractivity contribution is 4.80. The lowest BCUT2D eigenvalue weighted by atomic mass is 9.88. The molecule has 0 aromatic heterocycles. The van der Waals surface area contributed by atoms with Gasteiger partial charge in [0.15, 0.2) is 0 Å². The Morgan fingerprint density at radius 2 is 0.336 bits per heavy atom. The number of ether oxygens (including phenoxy) is 24. The molecule has 0 aliphatic carbocycles. The molecule has 0 spiro atoms. The Hall–Kier alpha value is -2.00. The standard InChI is InChI=1S/C78H159NO49/c1-2-78(52-117-48-74(125-32-66(102)24-106-17-55(91)6-80)44-113-40-70(121-28-62(98)13-87)36-108-19-57(93)8-82,53-118-49-75(126-33-68(104)26-112-35-69(16-90)120-27-61(97)12-86)45-114-41-71(122-29-63(99)14-88)37-109-20-58(94)9-83)54-119-50-76(46-115-43-73(39-111-22-60(96)11-85)124-31-65(101)23-105-5-3-4-79)128-51-77(127-34-67(103)25-107-18-56(92)7-81)47-116-42-72(123-30-64(100)15-89)38-110-21-59(95)10-84/h55-77,80-104H,2-54,79H2,1H3. The molecule has 0 saturated carbocycles. The van der Waals surface area contributed by atoms with Crippen LogP contribution in [-0.4, -0.2) is 605 Å². The number of rotatable bonds is 100. The summed E-state index contributed by atoms with van der Waals surface area (Å²) >= 11 is 0. The van der Waals surface area contributed by atoms with E-state index in [1.807, 2.05) is 0 Å². The van der Waals surface area contributed by atoms with Gasteiger partial charge in [0.25, 0.3) is 0 Å². The first-order valence-electron chi connectivity index (χ1n) is 42.8. The van der Waals surface area contributed by atoms with E-state index in [-0.39, 0.29) is 238 Å². The molecule has 0 aliphatic rings. The first-order chi connectivity index (χ1) is 61.6. The molecule has 27 N–H and O–H groups in total. The van der Waals surface area contributed by atoms with Gasteiger partial charge in [0, 0.05) is 12.0 Å². The van der Waals surface area contributed by atoms with Crippen molar-refractivity contribution in [3.05, 3.63) is 0 Å². The van der Waals surface area contributed by atoms with Crippen LogP contribution < -0.4 is 5.73 Å². The van der Waals surface area contributed by atoms with Crippen LogP contribution in [-0.2, 0) is 114 Å². The van der Waals surface area contributed by atoms with E-state index in [0.717, 1.165) is 0 Å². The monoisotopic (exact) mass is 1890 g/mol. The molecule has 50 heteroatoms. The second-order valence-electron chi connectivity index (χ2n) is 30.3. The van der Waals surface area contributed by atoms with E-state index in [0.29, 0.717) is 13.0 Å². The highest BCUT2D eigenvalue weighted by Crippen LogP contribution is 2.26. The fourth-order valence-electron chi connectivity index (χ4n) is 9.99.